The van der Waals surface area contributed by atoms with Crippen molar-refractivity contribution in [3.63, 3.8) is 0 Å². The lowest BCUT2D eigenvalue weighted by Gasteiger charge is -2.24. The van der Waals surface area contributed by atoms with Crippen molar-refractivity contribution >= 4 is 0 Å². The minimum atomic E-state index is -1.28. The zero-order valence-electron chi connectivity index (χ0n) is 12.4. The van der Waals surface area contributed by atoms with E-state index >= 15 is 0 Å². The Labute approximate surface area is 115 Å². The smallest absolute Gasteiger partial charge is 0.130 e. The number of hydrogen-bond donors (Lipinski definition) is 1. The van der Waals surface area contributed by atoms with Crippen molar-refractivity contribution in [2.45, 2.75) is 38.9 Å². The highest BCUT2D eigenvalue weighted by Gasteiger charge is 2.31. The van der Waals surface area contributed by atoms with Crippen LogP contribution in [0.3, 0.4) is 0 Å². The molecule has 1 aromatic carbocycles. The number of halogens is 1. The molecule has 1 heterocycles. The summed E-state index contributed by atoms with van der Waals surface area (Å²) < 4.78 is 14.1. The predicted molar refractivity (Wildman–Crippen MR) is 77.8 cm³/mol. The second-order valence-electron chi connectivity index (χ2n) is 6.34. The summed E-state index contributed by atoms with van der Waals surface area (Å²) in [7, 11) is 2.13. The van der Waals surface area contributed by atoms with E-state index in [4.69, 9.17) is 5.73 Å². The Bertz CT molecular complexity index is 451. The second-order valence-corrected chi connectivity index (χ2v) is 6.34. The number of alkyl halides is 1. The molecule has 1 aliphatic heterocycles. The summed E-state index contributed by atoms with van der Waals surface area (Å²) in [5, 5.41) is 0. The van der Waals surface area contributed by atoms with Gasteiger partial charge in [-0.3, -0.25) is 4.90 Å². The van der Waals surface area contributed by atoms with E-state index < -0.39 is 5.67 Å². The third-order valence-electron chi connectivity index (χ3n) is 4.29. The van der Waals surface area contributed by atoms with E-state index in [1.807, 2.05) is 18.2 Å². The quantitative estimate of drug-likeness (QED) is 0.908. The lowest BCUT2D eigenvalue weighted by atomic mass is 9.90. The fraction of sp³-hybridized carbons (Fsp3) is 0.625. The molecule has 3 heteroatoms. The van der Waals surface area contributed by atoms with Gasteiger partial charge < -0.3 is 5.73 Å². The number of nitrogens with two attached hydrogens (primary N) is 1. The molecule has 106 valence electrons. The monoisotopic (exact) mass is 264 g/mol. The zero-order valence-corrected chi connectivity index (χ0v) is 12.4. The number of rotatable bonds is 3. The van der Waals surface area contributed by atoms with Crippen LogP contribution in [0.2, 0.25) is 0 Å². The first kappa shape index (κ1) is 14.5. The highest BCUT2D eigenvalue weighted by atomic mass is 19.1. The van der Waals surface area contributed by atoms with Crippen molar-refractivity contribution in [1.82, 2.24) is 4.90 Å². The Morgan fingerprint density at radius 1 is 1.42 bits per heavy atom. The number of hydrogen-bond acceptors (Lipinski definition) is 2. The van der Waals surface area contributed by atoms with Crippen molar-refractivity contribution in [2.75, 3.05) is 20.1 Å². The molecule has 2 N–H and O–H groups in total. The predicted octanol–water partition coefficient (Wildman–Crippen LogP) is 3.15. The van der Waals surface area contributed by atoms with Crippen molar-refractivity contribution < 1.29 is 4.39 Å². The maximum Gasteiger partial charge on any atom is 0.130 e. The molecule has 0 aliphatic carbocycles. The molecule has 0 aromatic heterocycles. The minimum Gasteiger partial charge on any atom is -0.330 e. The zero-order chi connectivity index (χ0) is 14.2. The summed E-state index contributed by atoms with van der Waals surface area (Å²) >= 11 is 0. The van der Waals surface area contributed by atoms with E-state index in [0.717, 1.165) is 25.1 Å². The number of nitrogens with zero attached hydrogens (tertiary/aromatic N) is 1. The van der Waals surface area contributed by atoms with E-state index in [-0.39, 0.29) is 0 Å². The standard InChI is InChI=1S/C16H25FN2/c1-11-5-6-13(16(2,3)17)8-14(11)15-7-12(9-18)10-19(15)4/h5-6,8,12,15H,7,9-10,18H2,1-4H3. The normalized spacial score (nSPS) is 24.9. The Morgan fingerprint density at radius 3 is 2.63 bits per heavy atom. The number of aryl methyl sites for hydroxylation is 1. The second kappa shape index (κ2) is 5.22. The third-order valence-corrected chi connectivity index (χ3v) is 4.29. The molecule has 2 unspecified atom stereocenters. The molecule has 1 aromatic rings. The van der Waals surface area contributed by atoms with Crippen LogP contribution in [0.5, 0.6) is 0 Å². The lowest BCUT2D eigenvalue weighted by Crippen LogP contribution is -2.21. The first-order valence-corrected chi connectivity index (χ1v) is 7.03. The van der Waals surface area contributed by atoms with Gasteiger partial charge in [-0.05, 0) is 63.4 Å². The van der Waals surface area contributed by atoms with Gasteiger partial charge in [-0.2, -0.15) is 0 Å². The first-order valence-electron chi connectivity index (χ1n) is 7.03. The van der Waals surface area contributed by atoms with Crippen LogP contribution < -0.4 is 5.73 Å². The van der Waals surface area contributed by atoms with E-state index in [0.29, 0.717) is 12.0 Å². The molecular weight excluding hydrogens is 239 g/mol. The van der Waals surface area contributed by atoms with E-state index in [1.165, 1.54) is 11.1 Å². The molecule has 19 heavy (non-hydrogen) atoms. The van der Waals surface area contributed by atoms with Crippen LogP contribution in [-0.2, 0) is 5.67 Å². The van der Waals surface area contributed by atoms with Crippen LogP contribution in [-0.4, -0.2) is 25.0 Å². The summed E-state index contributed by atoms with van der Waals surface area (Å²) in [4.78, 5) is 2.34. The molecule has 2 nitrogen and oxygen atoms in total. The van der Waals surface area contributed by atoms with Gasteiger partial charge in [0.25, 0.3) is 0 Å². The van der Waals surface area contributed by atoms with Crippen LogP contribution in [0, 0.1) is 12.8 Å². The van der Waals surface area contributed by atoms with Crippen LogP contribution in [0.1, 0.15) is 43.0 Å². The molecule has 2 atom stereocenters. The maximum atomic E-state index is 14.1. The number of likely N-dealkylation sites (tertiary alicyclic amines) is 1. The van der Waals surface area contributed by atoms with Crippen molar-refractivity contribution in [1.29, 1.82) is 0 Å². The van der Waals surface area contributed by atoms with Gasteiger partial charge in [-0.1, -0.05) is 18.2 Å². The highest BCUT2D eigenvalue weighted by Crippen LogP contribution is 2.37. The van der Waals surface area contributed by atoms with Crippen LogP contribution in [0.15, 0.2) is 18.2 Å². The van der Waals surface area contributed by atoms with Gasteiger partial charge in [0.05, 0.1) is 0 Å². The van der Waals surface area contributed by atoms with Gasteiger partial charge in [0.15, 0.2) is 0 Å². The van der Waals surface area contributed by atoms with Gasteiger partial charge >= 0.3 is 0 Å². The lowest BCUT2D eigenvalue weighted by molar-refractivity contribution is 0.220. The Balaban J connectivity index is 2.34. The fourth-order valence-corrected chi connectivity index (χ4v) is 3.01. The summed E-state index contributed by atoms with van der Waals surface area (Å²) in [5.41, 5.74) is 7.75. The van der Waals surface area contributed by atoms with Crippen molar-refractivity contribution in [3.05, 3.63) is 34.9 Å². The molecule has 0 bridgehead atoms. The van der Waals surface area contributed by atoms with Crippen LogP contribution in [0.25, 0.3) is 0 Å². The minimum absolute atomic E-state index is 0.371. The molecule has 1 aliphatic rings. The van der Waals surface area contributed by atoms with Crippen LogP contribution >= 0.6 is 0 Å². The molecule has 1 fully saturated rings. The van der Waals surface area contributed by atoms with Gasteiger partial charge in [-0.15, -0.1) is 0 Å². The fourth-order valence-electron chi connectivity index (χ4n) is 3.01. The maximum absolute atomic E-state index is 14.1. The van der Waals surface area contributed by atoms with Gasteiger partial charge in [0, 0.05) is 12.6 Å². The molecule has 0 spiro atoms. The molecule has 0 saturated carbocycles. The molecule has 2 rings (SSSR count). The van der Waals surface area contributed by atoms with Gasteiger partial charge in [0.1, 0.15) is 5.67 Å². The Morgan fingerprint density at radius 2 is 2.11 bits per heavy atom. The van der Waals surface area contributed by atoms with E-state index in [2.05, 4.69) is 18.9 Å². The number of benzene rings is 1. The molecule has 0 amide bonds. The molecule has 0 radical (unpaired) electrons. The van der Waals surface area contributed by atoms with E-state index in [1.54, 1.807) is 13.8 Å². The average Bonchev–Trinajstić information content (AvgIpc) is 2.69. The summed E-state index contributed by atoms with van der Waals surface area (Å²) in [6.45, 7) is 7.09. The third kappa shape index (κ3) is 2.98. The SMILES string of the molecule is Cc1ccc(C(C)(C)F)cc1C1CC(CN)CN1C. The van der Waals surface area contributed by atoms with Gasteiger partial charge in [-0.25, -0.2) is 4.39 Å². The largest absolute Gasteiger partial charge is 0.330 e. The Kier molecular flexibility index (Phi) is 3.98. The topological polar surface area (TPSA) is 29.3 Å². The molecular formula is C16H25FN2. The van der Waals surface area contributed by atoms with Crippen molar-refractivity contribution in [3.8, 4) is 0 Å². The van der Waals surface area contributed by atoms with Crippen LogP contribution in [0.4, 0.5) is 4.39 Å². The summed E-state index contributed by atoms with van der Waals surface area (Å²) in [6.07, 6.45) is 1.07. The van der Waals surface area contributed by atoms with E-state index in [9.17, 15) is 4.39 Å². The first-order chi connectivity index (χ1) is 8.82. The Hall–Kier alpha value is -0.930. The van der Waals surface area contributed by atoms with Gasteiger partial charge in [0.2, 0.25) is 0 Å². The summed E-state index contributed by atoms with van der Waals surface area (Å²) in [5.74, 6) is 0.552. The van der Waals surface area contributed by atoms with Crippen molar-refractivity contribution in [2.24, 2.45) is 11.7 Å². The summed E-state index contributed by atoms with van der Waals surface area (Å²) in [6, 6.07) is 6.34. The molecule has 1 saturated heterocycles. The average molecular weight is 264 g/mol. The highest BCUT2D eigenvalue weighted by molar-refractivity contribution is 5.36.